The zero-order valence-corrected chi connectivity index (χ0v) is 18.7. The lowest BCUT2D eigenvalue weighted by Crippen LogP contribution is -2.44. The van der Waals surface area contributed by atoms with Crippen molar-refractivity contribution >= 4 is 22.6 Å². The van der Waals surface area contributed by atoms with Gasteiger partial charge in [0.15, 0.2) is 6.61 Å². The second-order valence-electron chi connectivity index (χ2n) is 8.46. The van der Waals surface area contributed by atoms with E-state index in [1.54, 1.807) is 25.1 Å². The number of aryl methyl sites for hydroxylation is 2. The van der Waals surface area contributed by atoms with Crippen LogP contribution < -0.4 is 15.1 Å². The van der Waals surface area contributed by atoms with E-state index in [4.69, 9.17) is 9.15 Å². The van der Waals surface area contributed by atoms with Crippen LogP contribution in [0.2, 0.25) is 0 Å². The van der Waals surface area contributed by atoms with Crippen molar-refractivity contribution in [2.75, 3.05) is 11.5 Å². The zero-order valence-electron chi connectivity index (χ0n) is 18.7. The maximum absolute atomic E-state index is 13.1. The maximum atomic E-state index is 13.1. The molecule has 0 saturated heterocycles. The molecule has 4 aromatic rings. The van der Waals surface area contributed by atoms with E-state index >= 15 is 0 Å². The molecule has 1 amide bonds. The summed E-state index contributed by atoms with van der Waals surface area (Å²) in [6.45, 7) is 3.76. The van der Waals surface area contributed by atoms with Crippen molar-refractivity contribution in [1.82, 2.24) is 0 Å². The summed E-state index contributed by atoms with van der Waals surface area (Å²) < 4.78 is 11.8. The first kappa shape index (κ1) is 21.0. The van der Waals surface area contributed by atoms with Gasteiger partial charge in [0, 0.05) is 17.8 Å². The molecular formula is C28H25NO4. The molecule has 0 spiro atoms. The van der Waals surface area contributed by atoms with Gasteiger partial charge in [-0.1, -0.05) is 48.5 Å². The molecule has 0 N–H and O–H groups in total. The third kappa shape index (κ3) is 3.91. The predicted octanol–water partition coefficient (Wildman–Crippen LogP) is 5.52. The number of ether oxygens (including phenoxy) is 1. The van der Waals surface area contributed by atoms with Gasteiger partial charge in [-0.05, 0) is 56.0 Å². The second kappa shape index (κ2) is 8.58. The van der Waals surface area contributed by atoms with Gasteiger partial charge in [-0.15, -0.1) is 0 Å². The number of hydrogen-bond acceptors (Lipinski definition) is 4. The Morgan fingerprint density at radius 3 is 2.64 bits per heavy atom. The summed E-state index contributed by atoms with van der Waals surface area (Å²) in [5, 5.41) is 0.483. The first-order valence-corrected chi connectivity index (χ1v) is 11.2. The second-order valence-corrected chi connectivity index (χ2v) is 8.46. The van der Waals surface area contributed by atoms with Crippen LogP contribution in [0.25, 0.3) is 22.1 Å². The van der Waals surface area contributed by atoms with Crippen LogP contribution in [0, 0.1) is 6.92 Å². The summed E-state index contributed by atoms with van der Waals surface area (Å²) in [5.74, 6) is 0.946. The third-order valence-corrected chi connectivity index (χ3v) is 6.26. The quantitative estimate of drug-likeness (QED) is 0.420. The van der Waals surface area contributed by atoms with Gasteiger partial charge in [-0.25, -0.2) is 0 Å². The van der Waals surface area contributed by atoms with Crippen LogP contribution >= 0.6 is 0 Å². The van der Waals surface area contributed by atoms with Crippen LogP contribution in [0.15, 0.2) is 82.0 Å². The molecular weight excluding hydrogens is 414 g/mol. The summed E-state index contributed by atoms with van der Waals surface area (Å²) >= 11 is 0. The van der Waals surface area contributed by atoms with E-state index in [0.717, 1.165) is 24.1 Å². The number of nitrogens with zero attached hydrogens (tertiary/aromatic N) is 1. The Hall–Kier alpha value is -3.86. The van der Waals surface area contributed by atoms with E-state index in [2.05, 4.69) is 13.0 Å². The maximum Gasteiger partial charge on any atom is 0.265 e. The summed E-state index contributed by atoms with van der Waals surface area (Å²) in [6.07, 6.45) is 1.89. The highest BCUT2D eigenvalue weighted by Crippen LogP contribution is 2.31. The van der Waals surface area contributed by atoms with Gasteiger partial charge < -0.3 is 14.1 Å². The number of benzene rings is 3. The SMILES string of the molecule is Cc1oc2cc(OCC(=O)N3c4ccccc4CCC3C)ccc2c(=O)c1-c1ccccc1. The molecule has 0 saturated carbocycles. The molecule has 166 valence electrons. The molecule has 2 heterocycles. The van der Waals surface area contributed by atoms with Crippen molar-refractivity contribution in [1.29, 1.82) is 0 Å². The van der Waals surface area contributed by atoms with E-state index in [9.17, 15) is 9.59 Å². The molecule has 1 atom stereocenters. The van der Waals surface area contributed by atoms with E-state index in [0.29, 0.717) is 28.0 Å². The molecule has 0 aliphatic carbocycles. The van der Waals surface area contributed by atoms with Gasteiger partial charge in [0.2, 0.25) is 5.43 Å². The fourth-order valence-electron chi connectivity index (χ4n) is 4.60. The number of carbonyl (C=O) groups excluding carboxylic acids is 1. The molecule has 5 rings (SSSR count). The molecule has 1 aliphatic rings. The average Bonchev–Trinajstić information content (AvgIpc) is 2.83. The fourth-order valence-corrected chi connectivity index (χ4v) is 4.60. The van der Waals surface area contributed by atoms with Crippen molar-refractivity contribution in [3.05, 3.63) is 94.3 Å². The number of para-hydroxylation sites is 1. The number of fused-ring (bicyclic) bond motifs is 2. The highest BCUT2D eigenvalue weighted by atomic mass is 16.5. The lowest BCUT2D eigenvalue weighted by Gasteiger charge is -2.35. The lowest BCUT2D eigenvalue weighted by molar-refractivity contribution is -0.121. The molecule has 3 aromatic carbocycles. The summed E-state index contributed by atoms with van der Waals surface area (Å²) in [7, 11) is 0. The number of hydrogen-bond donors (Lipinski definition) is 0. The van der Waals surface area contributed by atoms with E-state index in [1.807, 2.05) is 53.4 Å². The number of amides is 1. The standard InChI is InChI=1S/C28H25NO4/c1-18-12-13-20-8-6-7-11-24(20)29(18)26(30)17-32-22-14-15-23-25(16-22)33-19(2)27(28(23)31)21-9-4-3-5-10-21/h3-11,14-16,18H,12-13,17H2,1-2H3. The number of rotatable bonds is 4. The molecule has 5 nitrogen and oxygen atoms in total. The summed E-state index contributed by atoms with van der Waals surface area (Å²) in [5.41, 5.74) is 3.89. The molecule has 5 heteroatoms. The van der Waals surface area contributed by atoms with E-state index < -0.39 is 0 Å². The minimum absolute atomic E-state index is 0.0821. The van der Waals surface area contributed by atoms with Gasteiger partial charge in [0.25, 0.3) is 5.91 Å². The van der Waals surface area contributed by atoms with Crippen LogP contribution in [0.5, 0.6) is 5.75 Å². The van der Waals surface area contributed by atoms with Crippen LogP contribution in [0.4, 0.5) is 5.69 Å². The smallest absolute Gasteiger partial charge is 0.265 e. The number of anilines is 1. The van der Waals surface area contributed by atoms with Crippen LogP contribution in [0.1, 0.15) is 24.7 Å². The van der Waals surface area contributed by atoms with Crippen molar-refractivity contribution in [3.8, 4) is 16.9 Å². The minimum Gasteiger partial charge on any atom is -0.484 e. The average molecular weight is 440 g/mol. The highest BCUT2D eigenvalue weighted by Gasteiger charge is 2.28. The lowest BCUT2D eigenvalue weighted by atomic mass is 9.96. The van der Waals surface area contributed by atoms with Crippen LogP contribution in [-0.2, 0) is 11.2 Å². The first-order valence-electron chi connectivity index (χ1n) is 11.2. The monoisotopic (exact) mass is 439 g/mol. The zero-order chi connectivity index (χ0) is 22.9. The van der Waals surface area contributed by atoms with E-state index in [1.165, 1.54) is 5.56 Å². The van der Waals surface area contributed by atoms with Gasteiger partial charge in [0.1, 0.15) is 17.1 Å². The third-order valence-electron chi connectivity index (χ3n) is 6.26. The largest absolute Gasteiger partial charge is 0.484 e. The molecule has 1 unspecified atom stereocenters. The molecule has 0 fully saturated rings. The molecule has 0 radical (unpaired) electrons. The van der Waals surface area contributed by atoms with Crippen LogP contribution in [0.3, 0.4) is 0 Å². The van der Waals surface area contributed by atoms with Gasteiger partial charge >= 0.3 is 0 Å². The predicted molar refractivity (Wildman–Crippen MR) is 130 cm³/mol. The summed E-state index contributed by atoms with van der Waals surface area (Å²) in [4.78, 5) is 28.0. The van der Waals surface area contributed by atoms with Gasteiger partial charge in [-0.2, -0.15) is 0 Å². The van der Waals surface area contributed by atoms with Crippen LogP contribution in [-0.4, -0.2) is 18.6 Å². The summed E-state index contributed by atoms with van der Waals surface area (Å²) in [6, 6.07) is 22.7. The van der Waals surface area contributed by atoms with Crippen molar-refractivity contribution in [2.45, 2.75) is 32.7 Å². The molecule has 1 aromatic heterocycles. The first-order chi connectivity index (χ1) is 16.0. The van der Waals surface area contributed by atoms with Gasteiger partial charge in [-0.3, -0.25) is 9.59 Å². The fraction of sp³-hybridized carbons (Fsp3) is 0.214. The number of carbonyl (C=O) groups is 1. The minimum atomic E-state index is -0.0909. The van der Waals surface area contributed by atoms with Crippen molar-refractivity contribution < 1.29 is 13.9 Å². The Kier molecular flexibility index (Phi) is 5.47. The molecule has 0 bridgehead atoms. The Morgan fingerprint density at radius 2 is 1.82 bits per heavy atom. The van der Waals surface area contributed by atoms with E-state index in [-0.39, 0.29) is 24.0 Å². The molecule has 33 heavy (non-hydrogen) atoms. The topological polar surface area (TPSA) is 59.8 Å². The van der Waals surface area contributed by atoms with Crippen molar-refractivity contribution in [3.63, 3.8) is 0 Å². The Labute approximate surface area is 192 Å². The highest BCUT2D eigenvalue weighted by molar-refractivity contribution is 5.96. The van der Waals surface area contributed by atoms with Gasteiger partial charge in [0.05, 0.1) is 10.9 Å². The molecule has 1 aliphatic heterocycles. The Bertz CT molecular complexity index is 1390. The Balaban J connectivity index is 1.39. The Morgan fingerprint density at radius 1 is 1.06 bits per heavy atom. The normalized spacial score (nSPS) is 15.3. The van der Waals surface area contributed by atoms with Crippen molar-refractivity contribution in [2.24, 2.45) is 0 Å².